The second-order valence-corrected chi connectivity index (χ2v) is 1.78. The number of ether oxygens (including phenoxy) is 1. The standard InChI is InChI=1S/C8H13NO2/c1-2-11-8(10)6-4-3-5-7-9/h3-6H,2,7,9H2,1H3/b5-3+,6-4+. The molecule has 0 heterocycles. The van der Waals surface area contributed by atoms with Crippen LogP contribution in [0.15, 0.2) is 24.3 Å². The van der Waals surface area contributed by atoms with Gasteiger partial charge in [0.15, 0.2) is 0 Å². The van der Waals surface area contributed by atoms with Crippen LogP contribution in [0.4, 0.5) is 0 Å². The molecule has 11 heavy (non-hydrogen) atoms. The summed E-state index contributed by atoms with van der Waals surface area (Å²) in [6.45, 7) is 2.65. The SMILES string of the molecule is CCOC(=O)/C=C/C=C/CN. The van der Waals surface area contributed by atoms with Gasteiger partial charge in [-0.15, -0.1) is 0 Å². The fraction of sp³-hybridized carbons (Fsp3) is 0.375. The highest BCUT2D eigenvalue weighted by molar-refractivity contribution is 5.82. The van der Waals surface area contributed by atoms with E-state index in [1.54, 1.807) is 25.2 Å². The van der Waals surface area contributed by atoms with E-state index in [-0.39, 0.29) is 5.97 Å². The lowest BCUT2D eigenvalue weighted by molar-refractivity contribution is -0.137. The van der Waals surface area contributed by atoms with Gasteiger partial charge in [-0.3, -0.25) is 0 Å². The number of hydrogen-bond acceptors (Lipinski definition) is 3. The van der Waals surface area contributed by atoms with Crippen molar-refractivity contribution in [2.75, 3.05) is 13.2 Å². The first-order chi connectivity index (χ1) is 5.31. The molecule has 0 spiro atoms. The molecular formula is C8H13NO2. The van der Waals surface area contributed by atoms with Crippen molar-refractivity contribution >= 4 is 5.97 Å². The highest BCUT2D eigenvalue weighted by Crippen LogP contribution is 1.81. The summed E-state index contributed by atoms with van der Waals surface area (Å²) in [6, 6.07) is 0. The van der Waals surface area contributed by atoms with Crippen LogP contribution in [0.5, 0.6) is 0 Å². The number of carbonyl (C=O) groups is 1. The molecule has 0 saturated heterocycles. The first kappa shape index (κ1) is 9.91. The van der Waals surface area contributed by atoms with Crippen LogP contribution >= 0.6 is 0 Å². The normalized spacial score (nSPS) is 11.1. The molecule has 0 unspecified atom stereocenters. The minimum atomic E-state index is -0.325. The number of allylic oxidation sites excluding steroid dienone is 2. The lowest BCUT2D eigenvalue weighted by Gasteiger charge is -1.92. The smallest absolute Gasteiger partial charge is 0.330 e. The molecule has 0 saturated carbocycles. The molecular weight excluding hydrogens is 142 g/mol. The highest BCUT2D eigenvalue weighted by atomic mass is 16.5. The first-order valence-electron chi connectivity index (χ1n) is 3.51. The Labute approximate surface area is 66.5 Å². The minimum absolute atomic E-state index is 0.325. The number of rotatable bonds is 4. The Morgan fingerprint density at radius 3 is 2.82 bits per heavy atom. The van der Waals surface area contributed by atoms with Gasteiger partial charge in [0.05, 0.1) is 6.61 Å². The first-order valence-corrected chi connectivity index (χ1v) is 3.51. The summed E-state index contributed by atoms with van der Waals surface area (Å²) in [7, 11) is 0. The van der Waals surface area contributed by atoms with Crippen LogP contribution < -0.4 is 5.73 Å². The van der Waals surface area contributed by atoms with E-state index in [2.05, 4.69) is 4.74 Å². The van der Waals surface area contributed by atoms with Gasteiger partial charge in [0.1, 0.15) is 0 Å². The molecule has 0 aromatic heterocycles. The van der Waals surface area contributed by atoms with Crippen LogP contribution in [0.1, 0.15) is 6.92 Å². The summed E-state index contributed by atoms with van der Waals surface area (Å²) in [6.07, 6.45) is 6.41. The minimum Gasteiger partial charge on any atom is -0.463 e. The summed E-state index contributed by atoms with van der Waals surface area (Å²) in [4.78, 5) is 10.6. The van der Waals surface area contributed by atoms with Gasteiger partial charge in [-0.25, -0.2) is 4.79 Å². The van der Waals surface area contributed by atoms with Crippen molar-refractivity contribution in [2.45, 2.75) is 6.92 Å². The maximum absolute atomic E-state index is 10.6. The molecule has 0 aliphatic heterocycles. The predicted molar refractivity (Wildman–Crippen MR) is 44.0 cm³/mol. The number of carbonyl (C=O) groups excluding carboxylic acids is 1. The van der Waals surface area contributed by atoms with Gasteiger partial charge in [-0.1, -0.05) is 18.2 Å². The Balaban J connectivity index is 3.56. The Bertz CT molecular complexity index is 161. The van der Waals surface area contributed by atoms with E-state index in [0.717, 1.165) is 0 Å². The number of esters is 1. The third kappa shape index (κ3) is 6.80. The van der Waals surface area contributed by atoms with Crippen molar-refractivity contribution in [2.24, 2.45) is 5.73 Å². The van der Waals surface area contributed by atoms with Crippen molar-refractivity contribution in [3.63, 3.8) is 0 Å². The number of nitrogens with two attached hydrogens (primary N) is 1. The van der Waals surface area contributed by atoms with Gasteiger partial charge in [-0.2, -0.15) is 0 Å². The molecule has 0 fully saturated rings. The van der Waals surface area contributed by atoms with E-state index in [1.165, 1.54) is 6.08 Å². The second kappa shape index (κ2) is 7.02. The molecule has 2 N–H and O–H groups in total. The molecule has 0 rings (SSSR count). The van der Waals surface area contributed by atoms with Crippen molar-refractivity contribution in [1.29, 1.82) is 0 Å². The molecule has 0 amide bonds. The Morgan fingerprint density at radius 1 is 1.55 bits per heavy atom. The quantitative estimate of drug-likeness (QED) is 0.368. The maximum atomic E-state index is 10.6. The van der Waals surface area contributed by atoms with Crippen molar-refractivity contribution in [1.82, 2.24) is 0 Å². The number of hydrogen-bond donors (Lipinski definition) is 1. The molecule has 0 aliphatic carbocycles. The summed E-state index contributed by atoms with van der Waals surface area (Å²) in [5, 5.41) is 0. The second-order valence-electron chi connectivity index (χ2n) is 1.78. The van der Waals surface area contributed by atoms with Gasteiger partial charge in [0.2, 0.25) is 0 Å². The Hall–Kier alpha value is -1.09. The lowest BCUT2D eigenvalue weighted by Crippen LogP contribution is -1.98. The van der Waals surface area contributed by atoms with Crippen LogP contribution in [0, 0.1) is 0 Å². The van der Waals surface area contributed by atoms with Crippen LogP contribution in [-0.4, -0.2) is 19.1 Å². The Kier molecular flexibility index (Phi) is 6.33. The van der Waals surface area contributed by atoms with E-state index >= 15 is 0 Å². The Morgan fingerprint density at radius 2 is 2.27 bits per heavy atom. The van der Waals surface area contributed by atoms with Gasteiger partial charge in [0.25, 0.3) is 0 Å². The fourth-order valence-corrected chi connectivity index (χ4v) is 0.482. The topological polar surface area (TPSA) is 52.3 Å². The average Bonchev–Trinajstić information content (AvgIpc) is 1.99. The van der Waals surface area contributed by atoms with E-state index in [9.17, 15) is 4.79 Å². The molecule has 0 atom stereocenters. The summed E-state index contributed by atoms with van der Waals surface area (Å²) in [5.74, 6) is -0.325. The van der Waals surface area contributed by atoms with Crippen molar-refractivity contribution < 1.29 is 9.53 Å². The van der Waals surface area contributed by atoms with Crippen LogP contribution in [0.25, 0.3) is 0 Å². The largest absolute Gasteiger partial charge is 0.463 e. The molecule has 0 aliphatic rings. The van der Waals surface area contributed by atoms with Crippen molar-refractivity contribution in [3.8, 4) is 0 Å². The molecule has 0 aromatic rings. The van der Waals surface area contributed by atoms with E-state index in [0.29, 0.717) is 13.2 Å². The van der Waals surface area contributed by atoms with Gasteiger partial charge < -0.3 is 10.5 Å². The predicted octanol–water partition coefficient (Wildman–Crippen LogP) is 0.621. The van der Waals surface area contributed by atoms with E-state index < -0.39 is 0 Å². The van der Waals surface area contributed by atoms with Crippen LogP contribution in [0.2, 0.25) is 0 Å². The van der Waals surface area contributed by atoms with E-state index in [4.69, 9.17) is 5.73 Å². The summed E-state index contributed by atoms with van der Waals surface area (Å²) in [5.41, 5.74) is 5.17. The van der Waals surface area contributed by atoms with E-state index in [1.807, 2.05) is 0 Å². The van der Waals surface area contributed by atoms with Crippen LogP contribution in [0.3, 0.4) is 0 Å². The lowest BCUT2D eigenvalue weighted by atomic mass is 10.4. The van der Waals surface area contributed by atoms with Crippen LogP contribution in [-0.2, 0) is 9.53 Å². The monoisotopic (exact) mass is 155 g/mol. The van der Waals surface area contributed by atoms with Gasteiger partial charge in [0, 0.05) is 12.6 Å². The van der Waals surface area contributed by atoms with Gasteiger partial charge >= 0.3 is 5.97 Å². The third-order valence-corrected chi connectivity index (χ3v) is 0.902. The summed E-state index contributed by atoms with van der Waals surface area (Å²) < 4.78 is 4.63. The molecule has 62 valence electrons. The molecule has 3 heteroatoms. The zero-order valence-corrected chi connectivity index (χ0v) is 6.62. The molecule has 0 radical (unpaired) electrons. The van der Waals surface area contributed by atoms with Crippen molar-refractivity contribution in [3.05, 3.63) is 24.3 Å². The molecule has 3 nitrogen and oxygen atoms in total. The zero-order chi connectivity index (χ0) is 8.53. The average molecular weight is 155 g/mol. The summed E-state index contributed by atoms with van der Waals surface area (Å²) >= 11 is 0. The maximum Gasteiger partial charge on any atom is 0.330 e. The highest BCUT2D eigenvalue weighted by Gasteiger charge is 1.89. The fourth-order valence-electron chi connectivity index (χ4n) is 0.482. The zero-order valence-electron chi connectivity index (χ0n) is 6.62. The third-order valence-electron chi connectivity index (χ3n) is 0.902. The van der Waals surface area contributed by atoms with Gasteiger partial charge in [-0.05, 0) is 6.92 Å². The molecule has 0 bridgehead atoms. The molecule has 0 aromatic carbocycles.